The second-order valence-corrected chi connectivity index (χ2v) is 5.60. The fourth-order valence-electron chi connectivity index (χ4n) is 1.77. The molecule has 0 atom stereocenters. The number of halogens is 2. The Labute approximate surface area is 117 Å². The van der Waals surface area contributed by atoms with Crippen LogP contribution in [0.1, 0.15) is 19.7 Å². The Morgan fingerprint density at radius 3 is 2.83 bits per heavy atom. The van der Waals surface area contributed by atoms with E-state index < -0.39 is 11.4 Å². The molecule has 2 aromatic heterocycles. The number of hydrogen-bond donors (Lipinski definition) is 1. The highest BCUT2D eigenvalue weighted by molar-refractivity contribution is 9.10. The summed E-state index contributed by atoms with van der Waals surface area (Å²) in [5, 5.41) is 0. The van der Waals surface area contributed by atoms with Gasteiger partial charge in [0.2, 0.25) is 5.91 Å². The molecule has 96 valence electrons. The van der Waals surface area contributed by atoms with Crippen molar-refractivity contribution < 1.29 is 4.79 Å². The number of hydrogen-bond acceptors (Lipinski definition) is 3. The molecule has 0 aliphatic rings. The number of pyridine rings is 1. The smallest absolute Gasteiger partial charge is 0.243 e. The molecule has 7 heteroatoms. The zero-order valence-corrected chi connectivity index (χ0v) is 12.3. The van der Waals surface area contributed by atoms with E-state index >= 15 is 0 Å². The molecule has 0 saturated heterocycles. The normalized spacial score (nSPS) is 12.0. The molecular weight excluding hydrogens is 320 g/mol. The summed E-state index contributed by atoms with van der Waals surface area (Å²) in [5.74, 6) is 0.295. The summed E-state index contributed by atoms with van der Waals surface area (Å²) in [5.41, 5.74) is 5.78. The molecule has 0 aliphatic heterocycles. The molecule has 2 N–H and O–H groups in total. The van der Waals surface area contributed by atoms with E-state index in [1.807, 2.05) is 6.07 Å². The Morgan fingerprint density at radius 2 is 2.28 bits per heavy atom. The van der Waals surface area contributed by atoms with Crippen molar-refractivity contribution in [3.05, 3.63) is 22.6 Å². The lowest BCUT2D eigenvalue weighted by Crippen LogP contribution is -2.42. The zero-order chi connectivity index (χ0) is 13.5. The lowest BCUT2D eigenvalue weighted by molar-refractivity contribution is -0.125. The molecule has 18 heavy (non-hydrogen) atoms. The number of nitrogens with two attached hydrogens (primary N) is 1. The van der Waals surface area contributed by atoms with Gasteiger partial charge in [-0.1, -0.05) is 0 Å². The van der Waals surface area contributed by atoms with E-state index in [-0.39, 0.29) is 5.88 Å². The highest BCUT2D eigenvalue weighted by Gasteiger charge is 2.32. The molecule has 0 fully saturated rings. The van der Waals surface area contributed by atoms with Gasteiger partial charge in [0.1, 0.15) is 16.9 Å². The van der Waals surface area contributed by atoms with Crippen molar-refractivity contribution in [3.8, 4) is 0 Å². The topological polar surface area (TPSA) is 73.8 Å². The molecule has 0 radical (unpaired) electrons. The van der Waals surface area contributed by atoms with Crippen LogP contribution >= 0.6 is 27.5 Å². The number of rotatable bonds is 3. The summed E-state index contributed by atoms with van der Waals surface area (Å²) >= 11 is 9.21. The molecule has 2 heterocycles. The molecule has 0 spiro atoms. The molecule has 1 amide bonds. The predicted octanol–water partition coefficient (Wildman–Crippen LogP) is 2.15. The lowest BCUT2D eigenvalue weighted by Gasteiger charge is -2.24. The van der Waals surface area contributed by atoms with Crippen molar-refractivity contribution in [2.45, 2.75) is 25.3 Å². The predicted molar refractivity (Wildman–Crippen MR) is 73.3 cm³/mol. The Hall–Kier alpha value is -1.14. The standard InChI is InChI=1S/C11H12BrClN4O/c1-11(2,10(14)18)17-8(4-13)16-7-3-6(12)5-15-9(7)17/h3,5H,4H2,1-2H3,(H2,14,18). The average Bonchev–Trinajstić information content (AvgIpc) is 2.66. The summed E-state index contributed by atoms with van der Waals surface area (Å²) < 4.78 is 2.50. The van der Waals surface area contributed by atoms with Gasteiger partial charge in [0.05, 0.1) is 5.88 Å². The lowest BCUT2D eigenvalue weighted by atomic mass is 10.0. The summed E-state index contributed by atoms with van der Waals surface area (Å²) in [4.78, 5) is 20.2. The minimum absolute atomic E-state index is 0.185. The van der Waals surface area contributed by atoms with Crippen molar-refractivity contribution in [2.75, 3.05) is 0 Å². The van der Waals surface area contributed by atoms with Crippen LogP contribution < -0.4 is 5.73 Å². The highest BCUT2D eigenvalue weighted by Crippen LogP contribution is 2.26. The SMILES string of the molecule is CC(C)(C(N)=O)n1c(CCl)nc2cc(Br)cnc21. The first kappa shape index (κ1) is 13.3. The van der Waals surface area contributed by atoms with Crippen LogP contribution in [0.15, 0.2) is 16.7 Å². The summed E-state index contributed by atoms with van der Waals surface area (Å²) in [6, 6.07) is 1.83. The molecule has 0 aromatic carbocycles. The number of aromatic nitrogens is 3. The van der Waals surface area contributed by atoms with E-state index in [2.05, 4.69) is 25.9 Å². The van der Waals surface area contributed by atoms with E-state index in [0.717, 1.165) is 4.47 Å². The number of carbonyl (C=O) groups excluding carboxylic acids is 1. The van der Waals surface area contributed by atoms with Crippen LogP contribution in [0.25, 0.3) is 11.2 Å². The number of amides is 1. The molecule has 0 aliphatic carbocycles. The maximum absolute atomic E-state index is 11.6. The van der Waals surface area contributed by atoms with E-state index in [1.165, 1.54) is 0 Å². The van der Waals surface area contributed by atoms with Gasteiger partial charge in [-0.3, -0.25) is 9.36 Å². The van der Waals surface area contributed by atoms with Gasteiger partial charge in [-0.25, -0.2) is 9.97 Å². The van der Waals surface area contributed by atoms with Gasteiger partial charge in [0.15, 0.2) is 5.65 Å². The number of carbonyl (C=O) groups is 1. The Morgan fingerprint density at radius 1 is 1.61 bits per heavy atom. The van der Waals surface area contributed by atoms with Crippen LogP contribution in [-0.4, -0.2) is 20.4 Å². The van der Waals surface area contributed by atoms with Crippen molar-refractivity contribution in [1.29, 1.82) is 0 Å². The minimum Gasteiger partial charge on any atom is -0.368 e. The van der Waals surface area contributed by atoms with E-state index in [4.69, 9.17) is 17.3 Å². The van der Waals surface area contributed by atoms with Gasteiger partial charge >= 0.3 is 0 Å². The van der Waals surface area contributed by atoms with Crippen LogP contribution in [0.5, 0.6) is 0 Å². The van der Waals surface area contributed by atoms with Crippen molar-refractivity contribution in [3.63, 3.8) is 0 Å². The second-order valence-electron chi connectivity index (χ2n) is 4.42. The van der Waals surface area contributed by atoms with Crippen LogP contribution in [0.4, 0.5) is 0 Å². The number of primary amides is 1. The maximum Gasteiger partial charge on any atom is 0.243 e. The van der Waals surface area contributed by atoms with Crippen LogP contribution in [0, 0.1) is 0 Å². The average molecular weight is 332 g/mol. The Balaban J connectivity index is 2.79. The molecule has 2 aromatic rings. The molecule has 0 unspecified atom stereocenters. The van der Waals surface area contributed by atoms with Crippen molar-refractivity contribution in [2.24, 2.45) is 5.73 Å². The second kappa shape index (κ2) is 4.51. The Bertz CT molecular complexity index is 623. The Kier molecular flexibility index (Phi) is 3.33. The summed E-state index contributed by atoms with van der Waals surface area (Å²) in [6.45, 7) is 3.44. The monoisotopic (exact) mass is 330 g/mol. The van der Waals surface area contributed by atoms with Gasteiger partial charge in [-0.2, -0.15) is 0 Å². The van der Waals surface area contributed by atoms with Crippen molar-refractivity contribution >= 4 is 44.6 Å². The zero-order valence-electron chi connectivity index (χ0n) is 9.94. The summed E-state index contributed by atoms with van der Waals surface area (Å²) in [7, 11) is 0. The van der Waals surface area contributed by atoms with E-state index in [1.54, 1.807) is 24.6 Å². The molecule has 0 bridgehead atoms. The third kappa shape index (κ3) is 1.99. The third-order valence-corrected chi connectivity index (χ3v) is 3.49. The fraction of sp³-hybridized carbons (Fsp3) is 0.364. The molecule has 5 nitrogen and oxygen atoms in total. The first-order valence-electron chi connectivity index (χ1n) is 5.27. The van der Waals surface area contributed by atoms with Gasteiger partial charge < -0.3 is 5.73 Å². The summed E-state index contributed by atoms with van der Waals surface area (Å²) in [6.07, 6.45) is 1.65. The molecular formula is C11H12BrClN4O. The van der Waals surface area contributed by atoms with Gasteiger partial charge in [-0.15, -0.1) is 11.6 Å². The van der Waals surface area contributed by atoms with Crippen LogP contribution in [-0.2, 0) is 16.2 Å². The van der Waals surface area contributed by atoms with Gasteiger partial charge in [0, 0.05) is 10.7 Å². The van der Waals surface area contributed by atoms with Gasteiger partial charge in [0.25, 0.3) is 0 Å². The number of alkyl halides is 1. The highest BCUT2D eigenvalue weighted by atomic mass is 79.9. The number of nitrogens with zero attached hydrogens (tertiary/aromatic N) is 3. The first-order valence-corrected chi connectivity index (χ1v) is 6.60. The largest absolute Gasteiger partial charge is 0.368 e. The maximum atomic E-state index is 11.6. The fourth-order valence-corrected chi connectivity index (χ4v) is 2.27. The van der Waals surface area contributed by atoms with E-state index in [0.29, 0.717) is 17.0 Å². The van der Waals surface area contributed by atoms with E-state index in [9.17, 15) is 4.79 Å². The first-order chi connectivity index (χ1) is 8.37. The van der Waals surface area contributed by atoms with Crippen LogP contribution in [0.2, 0.25) is 0 Å². The number of imidazole rings is 1. The minimum atomic E-state index is -0.931. The van der Waals surface area contributed by atoms with Gasteiger partial charge in [-0.05, 0) is 35.8 Å². The quantitative estimate of drug-likeness (QED) is 0.876. The van der Waals surface area contributed by atoms with Crippen LogP contribution in [0.3, 0.4) is 0 Å². The van der Waals surface area contributed by atoms with Crippen molar-refractivity contribution in [1.82, 2.24) is 14.5 Å². The molecule has 0 saturated carbocycles. The number of fused-ring (bicyclic) bond motifs is 1. The third-order valence-electron chi connectivity index (χ3n) is 2.81. The molecule has 2 rings (SSSR count).